The van der Waals surface area contributed by atoms with Crippen molar-refractivity contribution >= 4 is 5.91 Å². The highest BCUT2D eigenvalue weighted by Gasteiger charge is 2.33. The van der Waals surface area contributed by atoms with Crippen molar-refractivity contribution in [3.63, 3.8) is 0 Å². The Bertz CT molecular complexity index is 1010. The van der Waals surface area contributed by atoms with E-state index < -0.39 is 0 Å². The van der Waals surface area contributed by atoms with Gasteiger partial charge in [-0.2, -0.15) is 5.10 Å². The minimum absolute atomic E-state index is 0.00909. The lowest BCUT2D eigenvalue weighted by molar-refractivity contribution is 0.0730. The number of H-pyrrole nitrogens is 1. The molecular weight excluding hydrogens is 344 g/mol. The van der Waals surface area contributed by atoms with Gasteiger partial charge in [-0.25, -0.2) is 9.97 Å². The Morgan fingerprint density at radius 3 is 2.67 bits per heavy atom. The summed E-state index contributed by atoms with van der Waals surface area (Å²) in [5, 5.41) is 7.26. The van der Waals surface area contributed by atoms with E-state index >= 15 is 0 Å². The van der Waals surface area contributed by atoms with Crippen LogP contribution >= 0.6 is 0 Å². The van der Waals surface area contributed by atoms with Crippen LogP contribution in [0.15, 0.2) is 18.5 Å². The molecule has 1 aliphatic rings. The molecule has 3 aromatic rings. The Balaban J connectivity index is 1.88. The maximum atomic E-state index is 12.8. The van der Waals surface area contributed by atoms with Gasteiger partial charge in [-0.15, -0.1) is 0 Å². The van der Waals surface area contributed by atoms with E-state index in [4.69, 9.17) is 4.74 Å². The van der Waals surface area contributed by atoms with Crippen LogP contribution in [0, 0.1) is 13.8 Å². The summed E-state index contributed by atoms with van der Waals surface area (Å²) in [5.74, 6) is 1.11. The Hall–Kier alpha value is -3.16. The number of carbonyl (C=O) groups is 1. The van der Waals surface area contributed by atoms with E-state index in [9.17, 15) is 4.79 Å². The van der Waals surface area contributed by atoms with Crippen LogP contribution in [0.3, 0.4) is 0 Å². The monoisotopic (exact) mass is 366 g/mol. The number of aromatic nitrogens is 5. The Kier molecular flexibility index (Phi) is 3.98. The number of aryl methyl sites for hydroxylation is 2. The van der Waals surface area contributed by atoms with E-state index in [-0.39, 0.29) is 11.9 Å². The molecule has 0 spiro atoms. The van der Waals surface area contributed by atoms with Crippen LogP contribution in [0.5, 0.6) is 5.88 Å². The minimum atomic E-state index is -0.00909. The van der Waals surface area contributed by atoms with Gasteiger partial charge in [0.15, 0.2) is 0 Å². The van der Waals surface area contributed by atoms with E-state index in [0.29, 0.717) is 29.4 Å². The molecule has 8 heteroatoms. The third-order valence-corrected chi connectivity index (χ3v) is 4.91. The number of aromatic amines is 1. The van der Waals surface area contributed by atoms with Crippen molar-refractivity contribution in [2.75, 3.05) is 7.11 Å². The third kappa shape index (κ3) is 2.59. The first kappa shape index (κ1) is 17.3. The van der Waals surface area contributed by atoms with Gasteiger partial charge >= 0.3 is 0 Å². The molecule has 0 atom stereocenters. The maximum absolute atomic E-state index is 12.8. The molecule has 4 rings (SSSR count). The Morgan fingerprint density at radius 2 is 2.04 bits per heavy atom. The quantitative estimate of drug-likeness (QED) is 0.767. The molecule has 4 heterocycles. The van der Waals surface area contributed by atoms with Crippen LogP contribution in [0.1, 0.15) is 41.3 Å². The SMILES string of the molecule is COc1nc2c(cc1-c1nccn1-c1c(C)n[nH]c1C)C(=O)N(C(C)C)C2. The van der Waals surface area contributed by atoms with Crippen molar-refractivity contribution in [1.29, 1.82) is 0 Å². The first-order valence-electron chi connectivity index (χ1n) is 8.87. The summed E-state index contributed by atoms with van der Waals surface area (Å²) in [6.07, 6.45) is 3.59. The summed E-state index contributed by atoms with van der Waals surface area (Å²) >= 11 is 0. The number of methoxy groups -OCH3 is 1. The highest BCUT2D eigenvalue weighted by atomic mass is 16.5. The van der Waals surface area contributed by atoms with E-state index in [2.05, 4.69) is 20.2 Å². The molecule has 1 aliphatic heterocycles. The van der Waals surface area contributed by atoms with Gasteiger partial charge in [0, 0.05) is 18.4 Å². The molecule has 0 saturated carbocycles. The molecule has 27 heavy (non-hydrogen) atoms. The molecule has 0 bridgehead atoms. The lowest BCUT2D eigenvalue weighted by atomic mass is 10.1. The topological polar surface area (TPSA) is 88.9 Å². The number of nitrogens with zero attached hydrogens (tertiary/aromatic N) is 5. The predicted octanol–water partition coefficient (Wildman–Crippen LogP) is 2.65. The predicted molar refractivity (Wildman–Crippen MR) is 100.0 cm³/mol. The maximum Gasteiger partial charge on any atom is 0.256 e. The second-order valence-electron chi connectivity index (χ2n) is 6.97. The first-order valence-corrected chi connectivity index (χ1v) is 8.87. The molecule has 140 valence electrons. The summed E-state index contributed by atoms with van der Waals surface area (Å²) in [6, 6.07) is 1.95. The standard InChI is InChI=1S/C19H22N6O2/c1-10(2)25-9-15-13(19(25)26)8-14(18(21-15)27-5)17-20-6-7-24(17)16-11(3)22-23-12(16)4/h6-8,10H,9H2,1-5H3,(H,22,23). The van der Waals surface area contributed by atoms with Crippen molar-refractivity contribution in [2.45, 2.75) is 40.3 Å². The minimum Gasteiger partial charge on any atom is -0.480 e. The third-order valence-electron chi connectivity index (χ3n) is 4.91. The van der Waals surface area contributed by atoms with Gasteiger partial charge < -0.3 is 9.64 Å². The number of amides is 1. The van der Waals surface area contributed by atoms with Crippen LogP contribution in [-0.4, -0.2) is 48.7 Å². The summed E-state index contributed by atoms with van der Waals surface area (Å²) in [6.45, 7) is 8.39. The van der Waals surface area contributed by atoms with E-state index in [1.54, 1.807) is 18.2 Å². The Labute approximate surface area is 157 Å². The van der Waals surface area contributed by atoms with E-state index in [0.717, 1.165) is 22.8 Å². The number of ether oxygens (including phenoxy) is 1. The molecule has 1 N–H and O–H groups in total. The van der Waals surface area contributed by atoms with Crippen LogP contribution in [-0.2, 0) is 6.54 Å². The summed E-state index contributed by atoms with van der Waals surface area (Å²) < 4.78 is 7.48. The number of nitrogens with one attached hydrogen (secondary N) is 1. The zero-order valence-electron chi connectivity index (χ0n) is 16.1. The molecule has 0 saturated heterocycles. The average Bonchev–Trinajstić information content (AvgIpc) is 3.32. The van der Waals surface area contributed by atoms with Gasteiger partial charge in [0.05, 0.1) is 47.6 Å². The molecule has 3 aromatic heterocycles. The summed E-state index contributed by atoms with van der Waals surface area (Å²) in [7, 11) is 1.58. The van der Waals surface area contributed by atoms with Crippen molar-refractivity contribution < 1.29 is 9.53 Å². The van der Waals surface area contributed by atoms with Gasteiger partial charge in [0.2, 0.25) is 5.88 Å². The number of hydrogen-bond donors (Lipinski definition) is 1. The number of carbonyl (C=O) groups excluding carboxylic acids is 1. The lowest BCUT2D eigenvalue weighted by Crippen LogP contribution is -2.30. The zero-order valence-corrected chi connectivity index (χ0v) is 16.1. The van der Waals surface area contributed by atoms with Gasteiger partial charge in [0.1, 0.15) is 5.82 Å². The van der Waals surface area contributed by atoms with Crippen LogP contribution < -0.4 is 4.74 Å². The van der Waals surface area contributed by atoms with Gasteiger partial charge in [-0.05, 0) is 33.8 Å². The molecule has 1 amide bonds. The molecule has 0 radical (unpaired) electrons. The van der Waals surface area contributed by atoms with Crippen molar-refractivity contribution in [3.05, 3.63) is 41.1 Å². The number of pyridine rings is 1. The smallest absolute Gasteiger partial charge is 0.256 e. The normalized spacial score (nSPS) is 13.6. The van der Waals surface area contributed by atoms with Gasteiger partial charge in [0.25, 0.3) is 5.91 Å². The molecular formula is C19H22N6O2. The highest BCUT2D eigenvalue weighted by molar-refractivity contribution is 5.99. The average molecular weight is 366 g/mol. The lowest BCUT2D eigenvalue weighted by Gasteiger charge is -2.19. The molecule has 0 aromatic carbocycles. The zero-order chi connectivity index (χ0) is 19.3. The van der Waals surface area contributed by atoms with Crippen LogP contribution in [0.4, 0.5) is 0 Å². The van der Waals surface area contributed by atoms with Crippen LogP contribution in [0.25, 0.3) is 17.1 Å². The first-order chi connectivity index (χ1) is 12.9. The van der Waals surface area contributed by atoms with E-state index in [1.807, 2.05) is 44.5 Å². The summed E-state index contributed by atoms with van der Waals surface area (Å²) in [5.41, 5.74) is 4.75. The van der Waals surface area contributed by atoms with Crippen molar-refractivity contribution in [3.8, 4) is 23.0 Å². The second kappa shape index (κ2) is 6.22. The number of hydrogen-bond acceptors (Lipinski definition) is 5. The van der Waals surface area contributed by atoms with Gasteiger partial charge in [-0.1, -0.05) is 0 Å². The molecule has 8 nitrogen and oxygen atoms in total. The number of fused-ring (bicyclic) bond motifs is 1. The van der Waals surface area contributed by atoms with Crippen LogP contribution in [0.2, 0.25) is 0 Å². The second-order valence-corrected chi connectivity index (χ2v) is 6.97. The Morgan fingerprint density at radius 1 is 1.26 bits per heavy atom. The highest BCUT2D eigenvalue weighted by Crippen LogP contribution is 2.35. The number of rotatable bonds is 4. The molecule has 0 aliphatic carbocycles. The largest absolute Gasteiger partial charge is 0.480 e. The number of imidazole rings is 1. The molecule has 0 unspecified atom stereocenters. The fourth-order valence-electron chi connectivity index (χ4n) is 3.54. The molecule has 0 fully saturated rings. The fourth-order valence-corrected chi connectivity index (χ4v) is 3.54. The van der Waals surface area contributed by atoms with Gasteiger partial charge in [-0.3, -0.25) is 14.5 Å². The fraction of sp³-hybridized carbons (Fsp3) is 0.368. The summed E-state index contributed by atoms with van der Waals surface area (Å²) in [4.78, 5) is 23.7. The van der Waals surface area contributed by atoms with Crippen molar-refractivity contribution in [1.82, 2.24) is 29.6 Å². The van der Waals surface area contributed by atoms with Crippen molar-refractivity contribution in [2.24, 2.45) is 0 Å². The van der Waals surface area contributed by atoms with E-state index in [1.165, 1.54) is 0 Å².